The highest BCUT2D eigenvalue weighted by molar-refractivity contribution is 5.34. The standard InChI is InChI=1S/C19H21F3O4/c1-13(23)11-25-16-6-2-14(3-7-16)10-15-4-8-17(9-5-15)26-12-18(24)19(20,21)22/h2-9,13,18,23-24H,10-12H2,1H3. The van der Waals surface area contributed by atoms with Crippen molar-refractivity contribution in [2.24, 2.45) is 0 Å². The van der Waals surface area contributed by atoms with Crippen molar-refractivity contribution < 1.29 is 32.9 Å². The molecule has 2 atom stereocenters. The van der Waals surface area contributed by atoms with Gasteiger partial charge in [0.25, 0.3) is 0 Å². The monoisotopic (exact) mass is 370 g/mol. The lowest BCUT2D eigenvalue weighted by molar-refractivity contribution is -0.210. The van der Waals surface area contributed by atoms with Gasteiger partial charge in [0.1, 0.15) is 24.7 Å². The summed E-state index contributed by atoms with van der Waals surface area (Å²) < 4.78 is 47.0. The molecule has 2 aromatic rings. The van der Waals surface area contributed by atoms with Crippen LogP contribution in [0.15, 0.2) is 48.5 Å². The zero-order chi connectivity index (χ0) is 19.2. The third-order valence-electron chi connectivity index (χ3n) is 3.53. The van der Waals surface area contributed by atoms with E-state index in [1.54, 1.807) is 31.2 Å². The number of rotatable bonds is 8. The fraction of sp³-hybridized carbons (Fsp3) is 0.368. The summed E-state index contributed by atoms with van der Waals surface area (Å²) >= 11 is 0. The molecule has 2 rings (SSSR count). The number of benzene rings is 2. The van der Waals surface area contributed by atoms with E-state index in [-0.39, 0.29) is 12.4 Å². The summed E-state index contributed by atoms with van der Waals surface area (Å²) in [5.74, 6) is 0.931. The van der Waals surface area contributed by atoms with Crippen LogP contribution in [0.5, 0.6) is 11.5 Å². The smallest absolute Gasteiger partial charge is 0.417 e. The predicted octanol–water partition coefficient (Wildman–Crippen LogP) is 3.34. The van der Waals surface area contributed by atoms with E-state index < -0.39 is 25.0 Å². The topological polar surface area (TPSA) is 58.9 Å². The van der Waals surface area contributed by atoms with Crippen molar-refractivity contribution in [3.63, 3.8) is 0 Å². The van der Waals surface area contributed by atoms with Crippen LogP contribution in [0.4, 0.5) is 13.2 Å². The Bertz CT molecular complexity index is 667. The molecule has 0 aliphatic rings. The lowest BCUT2D eigenvalue weighted by Gasteiger charge is -2.15. The molecule has 26 heavy (non-hydrogen) atoms. The Morgan fingerprint density at radius 2 is 1.23 bits per heavy atom. The number of hydrogen-bond donors (Lipinski definition) is 2. The van der Waals surface area contributed by atoms with Gasteiger partial charge in [0, 0.05) is 0 Å². The molecule has 7 heteroatoms. The molecule has 0 saturated carbocycles. The number of hydrogen-bond acceptors (Lipinski definition) is 4. The number of aliphatic hydroxyl groups is 2. The number of aliphatic hydroxyl groups excluding tert-OH is 2. The lowest BCUT2D eigenvalue weighted by Crippen LogP contribution is -2.34. The van der Waals surface area contributed by atoms with Crippen molar-refractivity contribution in [3.8, 4) is 11.5 Å². The van der Waals surface area contributed by atoms with Crippen LogP contribution in [-0.4, -0.2) is 41.8 Å². The molecule has 0 radical (unpaired) electrons. The second kappa shape index (κ2) is 8.91. The van der Waals surface area contributed by atoms with Gasteiger partial charge in [-0.15, -0.1) is 0 Å². The normalized spacial score (nSPS) is 13.9. The molecule has 0 fully saturated rings. The molecular weight excluding hydrogens is 349 g/mol. The summed E-state index contributed by atoms with van der Waals surface area (Å²) in [5.41, 5.74) is 2.00. The molecule has 0 aliphatic carbocycles. The van der Waals surface area contributed by atoms with E-state index in [1.165, 1.54) is 0 Å². The van der Waals surface area contributed by atoms with Crippen LogP contribution in [0.3, 0.4) is 0 Å². The van der Waals surface area contributed by atoms with Gasteiger partial charge in [-0.1, -0.05) is 24.3 Å². The first kappa shape index (κ1) is 20.1. The fourth-order valence-corrected chi connectivity index (χ4v) is 2.13. The van der Waals surface area contributed by atoms with Crippen LogP contribution >= 0.6 is 0 Å². The zero-order valence-corrected chi connectivity index (χ0v) is 14.2. The lowest BCUT2D eigenvalue weighted by atomic mass is 10.0. The maximum absolute atomic E-state index is 12.2. The minimum atomic E-state index is -4.69. The van der Waals surface area contributed by atoms with Gasteiger partial charge in [-0.05, 0) is 48.7 Å². The van der Waals surface area contributed by atoms with E-state index >= 15 is 0 Å². The Morgan fingerprint density at radius 1 is 0.808 bits per heavy atom. The minimum Gasteiger partial charge on any atom is -0.491 e. The largest absolute Gasteiger partial charge is 0.491 e. The summed E-state index contributed by atoms with van der Waals surface area (Å²) in [5, 5.41) is 18.1. The van der Waals surface area contributed by atoms with Gasteiger partial charge in [0.05, 0.1) is 6.10 Å². The Balaban J connectivity index is 1.86. The van der Waals surface area contributed by atoms with Gasteiger partial charge in [-0.3, -0.25) is 0 Å². The van der Waals surface area contributed by atoms with Gasteiger partial charge in [-0.25, -0.2) is 0 Å². The first-order valence-electron chi connectivity index (χ1n) is 8.10. The van der Waals surface area contributed by atoms with Crippen LogP contribution in [0.25, 0.3) is 0 Å². The van der Waals surface area contributed by atoms with Crippen molar-refractivity contribution in [3.05, 3.63) is 59.7 Å². The summed E-state index contributed by atoms with van der Waals surface area (Å²) in [6.07, 6.45) is -7.09. The molecule has 142 valence electrons. The highest BCUT2D eigenvalue weighted by atomic mass is 19.4. The molecule has 0 saturated heterocycles. The van der Waals surface area contributed by atoms with Gasteiger partial charge in [0.15, 0.2) is 6.10 Å². The van der Waals surface area contributed by atoms with Crippen molar-refractivity contribution in [2.45, 2.75) is 31.7 Å². The quantitative estimate of drug-likeness (QED) is 0.748. The fourth-order valence-electron chi connectivity index (χ4n) is 2.13. The first-order chi connectivity index (χ1) is 12.2. The average Bonchev–Trinajstić information content (AvgIpc) is 2.59. The van der Waals surface area contributed by atoms with Crippen molar-refractivity contribution in [1.82, 2.24) is 0 Å². The summed E-state index contributed by atoms with van der Waals surface area (Å²) in [6, 6.07) is 14.1. The third kappa shape index (κ3) is 6.57. The van der Waals surface area contributed by atoms with Gasteiger partial charge >= 0.3 is 6.18 Å². The Kier molecular flexibility index (Phi) is 6.88. The minimum absolute atomic E-state index is 0.226. The van der Waals surface area contributed by atoms with Crippen LogP contribution in [0.2, 0.25) is 0 Å². The molecule has 2 unspecified atom stereocenters. The second-order valence-electron chi connectivity index (χ2n) is 5.99. The van der Waals surface area contributed by atoms with E-state index in [0.29, 0.717) is 12.2 Å². The highest BCUT2D eigenvalue weighted by Crippen LogP contribution is 2.22. The van der Waals surface area contributed by atoms with Crippen molar-refractivity contribution in [1.29, 1.82) is 0 Å². The van der Waals surface area contributed by atoms with Gasteiger partial charge < -0.3 is 19.7 Å². The van der Waals surface area contributed by atoms with Crippen LogP contribution in [0.1, 0.15) is 18.1 Å². The van der Waals surface area contributed by atoms with Crippen LogP contribution in [0, 0.1) is 0 Å². The molecule has 2 aromatic carbocycles. The van der Waals surface area contributed by atoms with Gasteiger partial charge in [-0.2, -0.15) is 13.2 Å². The molecule has 2 N–H and O–H groups in total. The van der Waals surface area contributed by atoms with E-state index in [1.807, 2.05) is 24.3 Å². The third-order valence-corrected chi connectivity index (χ3v) is 3.53. The van der Waals surface area contributed by atoms with Gasteiger partial charge in [0.2, 0.25) is 0 Å². The predicted molar refractivity (Wildman–Crippen MR) is 90.4 cm³/mol. The first-order valence-corrected chi connectivity index (χ1v) is 8.10. The molecule has 0 aliphatic heterocycles. The maximum Gasteiger partial charge on any atom is 0.417 e. The van der Waals surface area contributed by atoms with Crippen LogP contribution in [-0.2, 0) is 6.42 Å². The SMILES string of the molecule is CC(O)COc1ccc(Cc2ccc(OCC(O)C(F)(F)F)cc2)cc1. The van der Waals surface area contributed by atoms with E-state index in [9.17, 15) is 18.3 Å². The Labute approximate surface area is 149 Å². The maximum atomic E-state index is 12.2. The summed E-state index contributed by atoms with van der Waals surface area (Å²) in [7, 11) is 0. The molecule has 0 aromatic heterocycles. The molecule has 0 heterocycles. The zero-order valence-electron chi connectivity index (χ0n) is 14.2. The van der Waals surface area contributed by atoms with E-state index in [4.69, 9.17) is 14.6 Å². The Morgan fingerprint density at radius 3 is 1.62 bits per heavy atom. The molecule has 0 spiro atoms. The molecule has 4 nitrogen and oxygen atoms in total. The van der Waals surface area contributed by atoms with Crippen molar-refractivity contribution >= 4 is 0 Å². The number of halogens is 3. The summed E-state index contributed by atoms with van der Waals surface area (Å²) in [6.45, 7) is 1.03. The van der Waals surface area contributed by atoms with Crippen molar-refractivity contribution in [2.75, 3.05) is 13.2 Å². The Hall–Kier alpha value is -2.25. The average molecular weight is 370 g/mol. The van der Waals surface area contributed by atoms with E-state index in [2.05, 4.69) is 0 Å². The molecule has 0 amide bonds. The highest BCUT2D eigenvalue weighted by Gasteiger charge is 2.38. The second-order valence-corrected chi connectivity index (χ2v) is 5.99. The van der Waals surface area contributed by atoms with E-state index in [0.717, 1.165) is 11.1 Å². The molecule has 0 bridgehead atoms. The number of ether oxygens (including phenoxy) is 2. The molecular formula is C19H21F3O4. The number of alkyl halides is 3. The van der Waals surface area contributed by atoms with Crippen LogP contribution < -0.4 is 9.47 Å². The summed E-state index contributed by atoms with van der Waals surface area (Å²) in [4.78, 5) is 0.